The first-order valence-electron chi connectivity index (χ1n) is 4.55. The van der Waals surface area contributed by atoms with Crippen LogP contribution in [0, 0.1) is 0 Å². The molecule has 0 aliphatic carbocycles. The summed E-state index contributed by atoms with van der Waals surface area (Å²) in [4.78, 5) is 10.8. The van der Waals surface area contributed by atoms with Crippen LogP contribution in [0.4, 0.5) is 0 Å². The van der Waals surface area contributed by atoms with Crippen molar-refractivity contribution in [3.05, 3.63) is 18.0 Å². The lowest BCUT2D eigenvalue weighted by Gasteiger charge is -2.00. The van der Waals surface area contributed by atoms with Gasteiger partial charge in [-0.3, -0.25) is 9.48 Å². The number of nitrogens with one attached hydrogen (secondary N) is 1. The maximum atomic E-state index is 10.8. The van der Waals surface area contributed by atoms with Gasteiger partial charge in [-0.15, -0.1) is 0 Å². The van der Waals surface area contributed by atoms with Crippen molar-refractivity contribution in [3.63, 3.8) is 0 Å². The van der Waals surface area contributed by atoms with Crippen molar-refractivity contribution >= 4 is 5.97 Å². The molecule has 0 atom stereocenters. The number of nitrogens with zero attached hydrogens (tertiary/aromatic N) is 2. The summed E-state index contributed by atoms with van der Waals surface area (Å²) in [6.07, 6.45) is 3.73. The zero-order chi connectivity index (χ0) is 10.4. The molecule has 5 heteroatoms. The lowest BCUT2D eigenvalue weighted by atomic mass is 10.3. The highest BCUT2D eigenvalue weighted by Crippen LogP contribution is 1.96. The first-order chi connectivity index (χ1) is 6.76. The first kappa shape index (κ1) is 10.7. The smallest absolute Gasteiger partial charge is 0.319 e. The molecular weight excluding hydrogens is 182 g/mol. The molecule has 0 fully saturated rings. The van der Waals surface area contributed by atoms with E-state index in [9.17, 15) is 4.79 Å². The standard InChI is InChI=1S/C9H15N3O2/c1-3-12-7-8(5-11-12)4-10-6-9(13)14-2/h5,7,10H,3-4,6H2,1-2H3. The zero-order valence-corrected chi connectivity index (χ0v) is 8.49. The van der Waals surface area contributed by atoms with E-state index < -0.39 is 0 Å². The highest BCUT2D eigenvalue weighted by molar-refractivity contribution is 5.71. The molecule has 14 heavy (non-hydrogen) atoms. The van der Waals surface area contributed by atoms with Crippen molar-refractivity contribution in [3.8, 4) is 0 Å². The Balaban J connectivity index is 2.27. The van der Waals surface area contributed by atoms with Crippen LogP contribution in [0.25, 0.3) is 0 Å². The van der Waals surface area contributed by atoms with Gasteiger partial charge in [-0.1, -0.05) is 0 Å². The van der Waals surface area contributed by atoms with Crippen LogP contribution in [0.3, 0.4) is 0 Å². The molecule has 0 spiro atoms. The quantitative estimate of drug-likeness (QED) is 0.683. The maximum absolute atomic E-state index is 10.8. The fourth-order valence-corrected chi connectivity index (χ4v) is 1.05. The van der Waals surface area contributed by atoms with Crippen LogP contribution >= 0.6 is 0 Å². The van der Waals surface area contributed by atoms with Gasteiger partial charge in [0, 0.05) is 24.8 Å². The number of ether oxygens (including phenoxy) is 1. The Hall–Kier alpha value is -1.36. The molecule has 0 aliphatic heterocycles. The Labute approximate surface area is 83.1 Å². The van der Waals surface area contributed by atoms with Gasteiger partial charge in [-0.05, 0) is 6.92 Å². The van der Waals surface area contributed by atoms with E-state index in [1.165, 1.54) is 7.11 Å². The van der Waals surface area contributed by atoms with E-state index in [2.05, 4.69) is 15.2 Å². The third kappa shape index (κ3) is 3.18. The molecule has 5 nitrogen and oxygen atoms in total. The minimum atomic E-state index is -0.257. The number of hydrogen-bond acceptors (Lipinski definition) is 4. The number of carbonyl (C=O) groups excluding carboxylic acids is 1. The Bertz CT molecular complexity index is 296. The minimum absolute atomic E-state index is 0.230. The lowest BCUT2D eigenvalue weighted by Crippen LogP contribution is -2.23. The second-order valence-electron chi connectivity index (χ2n) is 2.88. The third-order valence-electron chi connectivity index (χ3n) is 1.84. The van der Waals surface area contributed by atoms with Crippen molar-refractivity contribution in [2.45, 2.75) is 20.0 Å². The van der Waals surface area contributed by atoms with E-state index in [0.717, 1.165) is 12.1 Å². The Morgan fingerprint density at radius 3 is 3.07 bits per heavy atom. The molecule has 0 saturated heterocycles. The third-order valence-corrected chi connectivity index (χ3v) is 1.84. The first-order valence-corrected chi connectivity index (χ1v) is 4.55. The molecular formula is C9H15N3O2. The summed E-state index contributed by atoms with van der Waals surface area (Å²) in [6, 6.07) is 0. The largest absolute Gasteiger partial charge is 0.468 e. The molecule has 0 aliphatic rings. The van der Waals surface area contributed by atoms with Gasteiger partial charge < -0.3 is 10.1 Å². The molecule has 78 valence electrons. The molecule has 0 aromatic carbocycles. The molecule has 0 bridgehead atoms. The molecule has 0 amide bonds. The van der Waals surface area contributed by atoms with Crippen LogP contribution in [0.1, 0.15) is 12.5 Å². The van der Waals surface area contributed by atoms with Crippen LogP contribution in [-0.4, -0.2) is 29.4 Å². The average molecular weight is 197 g/mol. The summed E-state index contributed by atoms with van der Waals surface area (Å²) in [7, 11) is 1.37. The van der Waals surface area contributed by atoms with Crippen LogP contribution in [0.15, 0.2) is 12.4 Å². The number of esters is 1. The van der Waals surface area contributed by atoms with E-state index in [0.29, 0.717) is 6.54 Å². The maximum Gasteiger partial charge on any atom is 0.319 e. The van der Waals surface area contributed by atoms with Gasteiger partial charge in [0.15, 0.2) is 0 Å². The number of rotatable bonds is 5. The second-order valence-corrected chi connectivity index (χ2v) is 2.88. The van der Waals surface area contributed by atoms with Gasteiger partial charge in [-0.25, -0.2) is 0 Å². The number of aromatic nitrogens is 2. The van der Waals surface area contributed by atoms with Crippen LogP contribution in [-0.2, 0) is 22.6 Å². The van der Waals surface area contributed by atoms with E-state index in [1.807, 2.05) is 17.8 Å². The topological polar surface area (TPSA) is 56.2 Å². The van der Waals surface area contributed by atoms with Gasteiger partial charge in [-0.2, -0.15) is 5.10 Å². The number of aryl methyl sites for hydroxylation is 1. The molecule has 1 N–H and O–H groups in total. The van der Waals surface area contributed by atoms with Gasteiger partial charge in [0.2, 0.25) is 0 Å². The Morgan fingerprint density at radius 2 is 2.50 bits per heavy atom. The van der Waals surface area contributed by atoms with E-state index >= 15 is 0 Å². The van der Waals surface area contributed by atoms with Crippen molar-refractivity contribution < 1.29 is 9.53 Å². The Morgan fingerprint density at radius 1 is 1.71 bits per heavy atom. The van der Waals surface area contributed by atoms with E-state index in [1.54, 1.807) is 6.20 Å². The molecule has 1 aromatic rings. The minimum Gasteiger partial charge on any atom is -0.468 e. The highest BCUT2D eigenvalue weighted by Gasteiger charge is 2.00. The molecule has 1 heterocycles. The summed E-state index contributed by atoms with van der Waals surface area (Å²) in [6.45, 7) is 3.75. The van der Waals surface area contributed by atoms with Gasteiger partial charge in [0.05, 0.1) is 19.9 Å². The van der Waals surface area contributed by atoms with Crippen LogP contribution < -0.4 is 5.32 Å². The average Bonchev–Trinajstić information content (AvgIpc) is 2.65. The predicted octanol–water partition coefficient (Wildman–Crippen LogP) is 0.166. The van der Waals surface area contributed by atoms with Crippen molar-refractivity contribution in [2.24, 2.45) is 0 Å². The fourth-order valence-electron chi connectivity index (χ4n) is 1.05. The van der Waals surface area contributed by atoms with Crippen molar-refractivity contribution in [2.75, 3.05) is 13.7 Å². The molecule has 0 saturated carbocycles. The Kier molecular flexibility index (Phi) is 4.12. The highest BCUT2D eigenvalue weighted by atomic mass is 16.5. The van der Waals surface area contributed by atoms with Crippen LogP contribution in [0.2, 0.25) is 0 Å². The monoisotopic (exact) mass is 197 g/mol. The normalized spacial score (nSPS) is 10.1. The summed E-state index contributed by atoms with van der Waals surface area (Å²) < 4.78 is 6.33. The van der Waals surface area contributed by atoms with Gasteiger partial charge >= 0.3 is 5.97 Å². The van der Waals surface area contributed by atoms with E-state index in [-0.39, 0.29) is 12.5 Å². The fraction of sp³-hybridized carbons (Fsp3) is 0.556. The number of carbonyl (C=O) groups is 1. The van der Waals surface area contributed by atoms with Gasteiger partial charge in [0.25, 0.3) is 0 Å². The number of hydrogen-bond donors (Lipinski definition) is 1. The predicted molar refractivity (Wildman–Crippen MR) is 51.6 cm³/mol. The molecule has 0 unspecified atom stereocenters. The summed E-state index contributed by atoms with van der Waals surface area (Å²) >= 11 is 0. The van der Waals surface area contributed by atoms with Gasteiger partial charge in [0.1, 0.15) is 0 Å². The van der Waals surface area contributed by atoms with Crippen LogP contribution in [0.5, 0.6) is 0 Å². The molecule has 1 rings (SSSR count). The summed E-state index contributed by atoms with van der Waals surface area (Å²) in [5.41, 5.74) is 1.07. The molecule has 1 aromatic heterocycles. The zero-order valence-electron chi connectivity index (χ0n) is 8.49. The number of methoxy groups -OCH3 is 1. The lowest BCUT2D eigenvalue weighted by molar-refractivity contribution is -0.139. The summed E-state index contributed by atoms with van der Waals surface area (Å²) in [5, 5.41) is 7.08. The SMILES string of the molecule is CCn1cc(CNCC(=O)OC)cn1. The van der Waals surface area contributed by atoms with E-state index in [4.69, 9.17) is 0 Å². The second kappa shape index (κ2) is 5.39. The molecule has 0 radical (unpaired) electrons. The van der Waals surface area contributed by atoms with Crippen molar-refractivity contribution in [1.82, 2.24) is 15.1 Å². The summed E-state index contributed by atoms with van der Waals surface area (Å²) in [5.74, 6) is -0.257. The van der Waals surface area contributed by atoms with Crippen molar-refractivity contribution in [1.29, 1.82) is 0 Å².